The van der Waals surface area contributed by atoms with Gasteiger partial charge in [-0.2, -0.15) is 0 Å². The van der Waals surface area contributed by atoms with Crippen molar-refractivity contribution in [2.24, 2.45) is 0 Å². The predicted molar refractivity (Wildman–Crippen MR) is 68.3 cm³/mol. The third-order valence-corrected chi connectivity index (χ3v) is 2.70. The van der Waals surface area contributed by atoms with E-state index in [1.807, 2.05) is 26.0 Å². The molecular weight excluding hydrogens is 288 g/mol. The van der Waals surface area contributed by atoms with Gasteiger partial charge in [-0.25, -0.2) is 4.79 Å². The van der Waals surface area contributed by atoms with Crippen molar-refractivity contribution >= 4 is 33.6 Å². The highest BCUT2D eigenvalue weighted by atomic mass is 79.9. The topological polar surface area (TPSA) is 78.4 Å². The molecule has 0 aliphatic rings. The van der Waals surface area contributed by atoms with Gasteiger partial charge in [-0.3, -0.25) is 4.79 Å². The van der Waals surface area contributed by atoms with Gasteiger partial charge in [-0.05, 0) is 47.0 Å². The SMILES string of the molecule is Cc1cc(C)c(NC(=O)NCC(=O)O)c(Br)c1. The molecule has 92 valence electrons. The number of nitrogens with one attached hydrogen (secondary N) is 2. The highest BCUT2D eigenvalue weighted by Crippen LogP contribution is 2.27. The molecule has 0 atom stereocenters. The number of halogens is 1. The normalized spacial score (nSPS) is 9.82. The highest BCUT2D eigenvalue weighted by Gasteiger charge is 2.09. The summed E-state index contributed by atoms with van der Waals surface area (Å²) >= 11 is 3.35. The molecule has 0 saturated carbocycles. The summed E-state index contributed by atoms with van der Waals surface area (Å²) in [7, 11) is 0. The second-order valence-electron chi connectivity index (χ2n) is 3.64. The number of carbonyl (C=O) groups excluding carboxylic acids is 1. The molecule has 17 heavy (non-hydrogen) atoms. The lowest BCUT2D eigenvalue weighted by Gasteiger charge is -2.11. The van der Waals surface area contributed by atoms with Gasteiger partial charge in [0, 0.05) is 4.47 Å². The molecule has 0 heterocycles. The molecule has 6 heteroatoms. The molecule has 1 rings (SSSR count). The molecule has 1 aromatic carbocycles. The number of carboxylic acids is 1. The van der Waals surface area contributed by atoms with Crippen LogP contribution in [0.2, 0.25) is 0 Å². The van der Waals surface area contributed by atoms with Gasteiger partial charge < -0.3 is 15.7 Å². The molecule has 1 aromatic rings. The Morgan fingerprint density at radius 1 is 1.35 bits per heavy atom. The Bertz CT molecular complexity index is 437. The first kappa shape index (κ1) is 13.5. The van der Waals surface area contributed by atoms with Crippen LogP contribution in [0.4, 0.5) is 10.5 Å². The maximum absolute atomic E-state index is 11.4. The number of amides is 2. The average molecular weight is 301 g/mol. The van der Waals surface area contributed by atoms with Crippen LogP contribution in [-0.2, 0) is 4.79 Å². The van der Waals surface area contributed by atoms with Crippen LogP contribution in [0.15, 0.2) is 16.6 Å². The summed E-state index contributed by atoms with van der Waals surface area (Å²) in [5.41, 5.74) is 2.62. The van der Waals surface area contributed by atoms with E-state index in [1.165, 1.54) is 0 Å². The summed E-state index contributed by atoms with van der Waals surface area (Å²) in [5, 5.41) is 13.3. The van der Waals surface area contributed by atoms with Crippen LogP contribution < -0.4 is 10.6 Å². The van der Waals surface area contributed by atoms with Gasteiger partial charge in [0.1, 0.15) is 6.54 Å². The molecule has 0 unspecified atom stereocenters. The van der Waals surface area contributed by atoms with Crippen molar-refractivity contribution in [3.63, 3.8) is 0 Å². The zero-order chi connectivity index (χ0) is 13.0. The summed E-state index contributed by atoms with van der Waals surface area (Å²) in [6.07, 6.45) is 0. The number of hydrogen-bond donors (Lipinski definition) is 3. The smallest absolute Gasteiger partial charge is 0.323 e. The Balaban J connectivity index is 2.75. The first-order valence-electron chi connectivity index (χ1n) is 4.93. The van der Waals surface area contributed by atoms with E-state index in [0.29, 0.717) is 5.69 Å². The molecule has 0 fully saturated rings. The van der Waals surface area contributed by atoms with E-state index in [-0.39, 0.29) is 0 Å². The Morgan fingerprint density at radius 3 is 2.53 bits per heavy atom. The second-order valence-corrected chi connectivity index (χ2v) is 4.49. The van der Waals surface area contributed by atoms with Gasteiger partial charge in [-0.15, -0.1) is 0 Å². The molecule has 0 aromatic heterocycles. The molecule has 0 bridgehead atoms. The zero-order valence-electron chi connectivity index (χ0n) is 9.50. The first-order chi connectivity index (χ1) is 7.90. The van der Waals surface area contributed by atoms with E-state index in [4.69, 9.17) is 5.11 Å². The van der Waals surface area contributed by atoms with E-state index in [1.54, 1.807) is 0 Å². The van der Waals surface area contributed by atoms with Crippen molar-refractivity contribution in [1.82, 2.24) is 5.32 Å². The van der Waals surface area contributed by atoms with Gasteiger partial charge in [0.15, 0.2) is 0 Å². The fourth-order valence-electron chi connectivity index (χ4n) is 1.39. The summed E-state index contributed by atoms with van der Waals surface area (Å²) in [6, 6.07) is 3.26. The van der Waals surface area contributed by atoms with Gasteiger partial charge in [-0.1, -0.05) is 6.07 Å². The van der Waals surface area contributed by atoms with Gasteiger partial charge in [0.05, 0.1) is 5.69 Å². The number of benzene rings is 1. The molecule has 3 N–H and O–H groups in total. The van der Waals surface area contributed by atoms with Crippen LogP contribution in [-0.4, -0.2) is 23.7 Å². The Hall–Kier alpha value is -1.56. The van der Waals surface area contributed by atoms with Crippen molar-refractivity contribution in [3.05, 3.63) is 27.7 Å². The molecule has 0 saturated heterocycles. The van der Waals surface area contributed by atoms with Crippen molar-refractivity contribution < 1.29 is 14.7 Å². The van der Waals surface area contributed by atoms with Crippen LogP contribution in [0, 0.1) is 13.8 Å². The number of hydrogen-bond acceptors (Lipinski definition) is 2. The first-order valence-corrected chi connectivity index (χ1v) is 5.73. The molecule has 0 aliphatic carbocycles. The standard InChI is InChI=1S/C11H13BrN2O3/c1-6-3-7(2)10(8(12)4-6)14-11(17)13-5-9(15)16/h3-4H,5H2,1-2H3,(H,15,16)(H2,13,14,17). The fourth-order valence-corrected chi connectivity index (χ4v) is 2.16. The zero-order valence-corrected chi connectivity index (χ0v) is 11.1. The number of anilines is 1. The molecule has 0 aliphatic heterocycles. The maximum atomic E-state index is 11.4. The minimum atomic E-state index is -1.08. The van der Waals surface area contributed by atoms with E-state index in [2.05, 4.69) is 26.6 Å². The minimum Gasteiger partial charge on any atom is -0.480 e. The van der Waals surface area contributed by atoms with E-state index in [0.717, 1.165) is 15.6 Å². The quantitative estimate of drug-likeness (QED) is 0.801. The van der Waals surface area contributed by atoms with Crippen molar-refractivity contribution in [2.75, 3.05) is 11.9 Å². The maximum Gasteiger partial charge on any atom is 0.323 e. The van der Waals surface area contributed by atoms with E-state index < -0.39 is 18.5 Å². The molecule has 0 spiro atoms. The van der Waals surface area contributed by atoms with Crippen LogP contribution in [0.1, 0.15) is 11.1 Å². The van der Waals surface area contributed by atoms with Crippen LogP contribution in [0.3, 0.4) is 0 Å². The third kappa shape index (κ3) is 4.07. The number of carboxylic acid groups (broad SMARTS) is 1. The van der Waals surface area contributed by atoms with Crippen molar-refractivity contribution in [2.45, 2.75) is 13.8 Å². The van der Waals surface area contributed by atoms with Crippen molar-refractivity contribution in [3.8, 4) is 0 Å². The monoisotopic (exact) mass is 300 g/mol. The van der Waals surface area contributed by atoms with Crippen LogP contribution in [0.25, 0.3) is 0 Å². The molecule has 2 amide bonds. The Kier molecular flexibility index (Phi) is 4.51. The summed E-state index contributed by atoms with van der Waals surface area (Å²) in [4.78, 5) is 21.7. The molecular formula is C11H13BrN2O3. The van der Waals surface area contributed by atoms with E-state index >= 15 is 0 Å². The average Bonchev–Trinajstić information content (AvgIpc) is 2.20. The van der Waals surface area contributed by atoms with Crippen LogP contribution >= 0.6 is 15.9 Å². The predicted octanol–water partition coefficient (Wildman–Crippen LogP) is 2.27. The second kappa shape index (κ2) is 5.67. The number of aliphatic carboxylic acids is 1. The number of aryl methyl sites for hydroxylation is 2. The number of urea groups is 1. The van der Waals surface area contributed by atoms with Gasteiger partial charge >= 0.3 is 12.0 Å². The highest BCUT2D eigenvalue weighted by molar-refractivity contribution is 9.10. The summed E-state index contributed by atoms with van der Waals surface area (Å²) in [5.74, 6) is -1.08. The number of carbonyl (C=O) groups is 2. The lowest BCUT2D eigenvalue weighted by molar-refractivity contribution is -0.135. The van der Waals surface area contributed by atoms with Crippen LogP contribution in [0.5, 0.6) is 0 Å². The molecule has 0 radical (unpaired) electrons. The Morgan fingerprint density at radius 2 is 2.00 bits per heavy atom. The van der Waals surface area contributed by atoms with Gasteiger partial charge in [0.2, 0.25) is 0 Å². The fraction of sp³-hybridized carbons (Fsp3) is 0.273. The summed E-state index contributed by atoms with van der Waals surface area (Å²) < 4.78 is 0.764. The Labute approximate surface area is 107 Å². The minimum absolute atomic E-state index is 0.408. The lowest BCUT2D eigenvalue weighted by atomic mass is 10.1. The van der Waals surface area contributed by atoms with Crippen molar-refractivity contribution in [1.29, 1.82) is 0 Å². The largest absolute Gasteiger partial charge is 0.480 e. The van der Waals surface area contributed by atoms with Gasteiger partial charge in [0.25, 0.3) is 0 Å². The lowest BCUT2D eigenvalue weighted by Crippen LogP contribution is -2.33. The third-order valence-electron chi connectivity index (χ3n) is 2.07. The summed E-state index contributed by atoms with van der Waals surface area (Å²) in [6.45, 7) is 3.41. The van der Waals surface area contributed by atoms with E-state index in [9.17, 15) is 9.59 Å². The molecule has 5 nitrogen and oxygen atoms in total. The number of rotatable bonds is 3.